The van der Waals surface area contributed by atoms with Crippen LogP contribution in [-0.4, -0.2) is 59.2 Å². The predicted octanol–water partition coefficient (Wildman–Crippen LogP) is 2.28. The second-order valence-corrected chi connectivity index (χ2v) is 6.67. The lowest BCUT2D eigenvalue weighted by Crippen LogP contribution is -2.52. The van der Waals surface area contributed by atoms with E-state index in [9.17, 15) is 5.11 Å². The lowest BCUT2D eigenvalue weighted by molar-refractivity contribution is -0.0479. The zero-order chi connectivity index (χ0) is 14.8. The van der Waals surface area contributed by atoms with Crippen LogP contribution in [0.4, 0.5) is 0 Å². The molecule has 6 heteroatoms. The number of aromatic nitrogens is 1. The van der Waals surface area contributed by atoms with E-state index < -0.39 is 5.60 Å². The van der Waals surface area contributed by atoms with Gasteiger partial charge in [0.25, 0.3) is 0 Å². The first kappa shape index (κ1) is 16.0. The van der Waals surface area contributed by atoms with Gasteiger partial charge in [-0.25, -0.2) is 0 Å². The van der Waals surface area contributed by atoms with Gasteiger partial charge in [-0.2, -0.15) is 0 Å². The van der Waals surface area contributed by atoms with Crippen LogP contribution in [0.15, 0.2) is 12.4 Å². The molecule has 1 fully saturated rings. The molecule has 4 nitrogen and oxygen atoms in total. The Kier molecular flexibility index (Phi) is 5.26. The Morgan fingerprint density at radius 3 is 2.60 bits per heavy atom. The molecule has 1 N–H and O–H groups in total. The van der Waals surface area contributed by atoms with E-state index in [0.717, 1.165) is 24.9 Å². The SMILES string of the molecule is CN(C)CC1(O)CCCN(Cc2c(Cl)cncc2Cl)C1. The monoisotopic (exact) mass is 317 g/mol. The Hall–Kier alpha value is -0.390. The minimum Gasteiger partial charge on any atom is -0.387 e. The average Bonchev–Trinajstić information content (AvgIpc) is 2.32. The molecule has 1 saturated heterocycles. The van der Waals surface area contributed by atoms with Crippen LogP contribution in [0.5, 0.6) is 0 Å². The molecule has 1 aliphatic rings. The van der Waals surface area contributed by atoms with Crippen molar-refractivity contribution < 1.29 is 5.11 Å². The number of likely N-dealkylation sites (tertiary alicyclic amines) is 1. The van der Waals surface area contributed by atoms with E-state index in [2.05, 4.69) is 9.88 Å². The topological polar surface area (TPSA) is 39.6 Å². The van der Waals surface area contributed by atoms with E-state index in [-0.39, 0.29) is 0 Å². The molecule has 0 bridgehead atoms. The minimum absolute atomic E-state index is 0.583. The highest BCUT2D eigenvalue weighted by Gasteiger charge is 2.33. The van der Waals surface area contributed by atoms with Gasteiger partial charge in [-0.05, 0) is 33.5 Å². The molecular weight excluding hydrogens is 297 g/mol. The zero-order valence-electron chi connectivity index (χ0n) is 11.9. The van der Waals surface area contributed by atoms with E-state index in [1.54, 1.807) is 12.4 Å². The van der Waals surface area contributed by atoms with Crippen LogP contribution in [0, 0.1) is 0 Å². The standard InChI is InChI=1S/C14H21Cl2N3O/c1-18(2)9-14(20)4-3-5-19(10-14)8-11-12(15)6-17-7-13(11)16/h6-7,20H,3-5,8-10H2,1-2H3. The molecule has 20 heavy (non-hydrogen) atoms. The number of piperidine rings is 1. The number of aliphatic hydroxyl groups is 1. The summed E-state index contributed by atoms with van der Waals surface area (Å²) in [4.78, 5) is 8.20. The number of nitrogens with zero attached hydrogens (tertiary/aromatic N) is 3. The summed E-state index contributed by atoms with van der Waals surface area (Å²) in [5.74, 6) is 0. The molecule has 1 unspecified atom stereocenters. The van der Waals surface area contributed by atoms with E-state index in [0.29, 0.717) is 29.7 Å². The van der Waals surface area contributed by atoms with Gasteiger partial charge in [-0.1, -0.05) is 23.2 Å². The molecule has 1 aromatic rings. The van der Waals surface area contributed by atoms with Crippen LogP contribution in [0.3, 0.4) is 0 Å². The maximum absolute atomic E-state index is 10.7. The molecule has 0 aliphatic carbocycles. The Bertz CT molecular complexity index is 449. The van der Waals surface area contributed by atoms with Gasteiger partial charge in [-0.3, -0.25) is 9.88 Å². The summed E-state index contributed by atoms with van der Waals surface area (Å²) in [7, 11) is 3.96. The summed E-state index contributed by atoms with van der Waals surface area (Å²) >= 11 is 12.3. The second kappa shape index (κ2) is 6.58. The van der Waals surface area contributed by atoms with Crippen molar-refractivity contribution in [2.45, 2.75) is 25.0 Å². The number of hydrogen-bond acceptors (Lipinski definition) is 4. The highest BCUT2D eigenvalue weighted by molar-refractivity contribution is 6.35. The third-order valence-corrected chi connectivity index (χ3v) is 4.23. The summed E-state index contributed by atoms with van der Waals surface area (Å²) in [5, 5.41) is 11.8. The summed E-state index contributed by atoms with van der Waals surface area (Å²) in [6, 6.07) is 0. The molecule has 0 saturated carbocycles. The van der Waals surface area contributed by atoms with Crippen molar-refractivity contribution in [3.63, 3.8) is 0 Å². The summed E-state index contributed by atoms with van der Waals surface area (Å²) in [6.07, 6.45) is 5.03. The molecule has 1 atom stereocenters. The van der Waals surface area contributed by atoms with Gasteiger partial charge >= 0.3 is 0 Å². The Balaban J connectivity index is 2.06. The van der Waals surface area contributed by atoms with Crippen molar-refractivity contribution in [2.24, 2.45) is 0 Å². The van der Waals surface area contributed by atoms with E-state index >= 15 is 0 Å². The van der Waals surface area contributed by atoms with Gasteiger partial charge in [0.15, 0.2) is 0 Å². The Morgan fingerprint density at radius 1 is 1.35 bits per heavy atom. The van der Waals surface area contributed by atoms with E-state index in [1.807, 2.05) is 19.0 Å². The highest BCUT2D eigenvalue weighted by atomic mass is 35.5. The molecule has 1 aromatic heterocycles. The van der Waals surface area contributed by atoms with Crippen molar-refractivity contribution >= 4 is 23.2 Å². The summed E-state index contributed by atoms with van der Waals surface area (Å²) in [5.41, 5.74) is 0.228. The molecule has 1 aliphatic heterocycles. The fourth-order valence-electron chi connectivity index (χ4n) is 2.87. The minimum atomic E-state index is -0.659. The molecule has 2 heterocycles. The first-order chi connectivity index (χ1) is 9.39. The van der Waals surface area contributed by atoms with Gasteiger partial charge in [0.05, 0.1) is 15.6 Å². The number of hydrogen-bond donors (Lipinski definition) is 1. The molecule has 0 radical (unpaired) electrons. The Labute approximate surface area is 130 Å². The van der Waals surface area contributed by atoms with Gasteiger partial charge in [-0.15, -0.1) is 0 Å². The lowest BCUT2D eigenvalue weighted by atomic mass is 9.92. The fourth-order valence-corrected chi connectivity index (χ4v) is 3.36. The fraction of sp³-hybridized carbons (Fsp3) is 0.643. The normalized spacial score (nSPS) is 24.3. The molecule has 0 amide bonds. The van der Waals surface area contributed by atoms with Gasteiger partial charge in [0.2, 0.25) is 0 Å². The van der Waals surface area contributed by atoms with Crippen molar-refractivity contribution in [3.05, 3.63) is 28.0 Å². The number of β-amino-alcohol motifs (C(OH)–C–C–N with tert-alkyl or cyclic N) is 1. The lowest BCUT2D eigenvalue weighted by Gasteiger charge is -2.40. The third kappa shape index (κ3) is 4.06. The summed E-state index contributed by atoms with van der Waals surface area (Å²) < 4.78 is 0. The van der Waals surface area contributed by atoms with Crippen LogP contribution in [-0.2, 0) is 6.54 Å². The molecule has 2 rings (SSSR count). The Morgan fingerprint density at radius 2 is 2.00 bits per heavy atom. The van der Waals surface area contributed by atoms with Gasteiger partial charge in [0, 0.05) is 37.6 Å². The van der Waals surface area contributed by atoms with E-state index in [4.69, 9.17) is 23.2 Å². The van der Waals surface area contributed by atoms with Crippen molar-refractivity contribution in [3.8, 4) is 0 Å². The van der Waals surface area contributed by atoms with Crippen LogP contribution in [0.1, 0.15) is 18.4 Å². The zero-order valence-corrected chi connectivity index (χ0v) is 13.5. The number of pyridine rings is 1. The second-order valence-electron chi connectivity index (χ2n) is 5.86. The summed E-state index contributed by atoms with van der Waals surface area (Å²) in [6.45, 7) is 2.90. The van der Waals surface area contributed by atoms with Crippen molar-refractivity contribution in [1.29, 1.82) is 0 Å². The van der Waals surface area contributed by atoms with Crippen LogP contribution in [0.25, 0.3) is 0 Å². The number of halogens is 2. The predicted molar refractivity (Wildman–Crippen MR) is 82.3 cm³/mol. The first-order valence-corrected chi connectivity index (χ1v) is 7.52. The quantitative estimate of drug-likeness (QED) is 0.924. The molecule has 0 aromatic carbocycles. The van der Waals surface area contributed by atoms with Gasteiger partial charge in [0.1, 0.15) is 0 Å². The van der Waals surface area contributed by atoms with Crippen LogP contribution >= 0.6 is 23.2 Å². The highest BCUT2D eigenvalue weighted by Crippen LogP contribution is 2.28. The smallest absolute Gasteiger partial charge is 0.0900 e. The van der Waals surface area contributed by atoms with Crippen LogP contribution < -0.4 is 0 Å². The molecule has 112 valence electrons. The number of likely N-dealkylation sites (N-methyl/N-ethyl adjacent to an activating group) is 1. The average molecular weight is 318 g/mol. The first-order valence-electron chi connectivity index (χ1n) is 6.77. The maximum Gasteiger partial charge on any atom is 0.0900 e. The largest absolute Gasteiger partial charge is 0.387 e. The van der Waals surface area contributed by atoms with Crippen molar-refractivity contribution in [2.75, 3.05) is 33.7 Å². The maximum atomic E-state index is 10.7. The molecular formula is C14H21Cl2N3O. The third-order valence-electron chi connectivity index (χ3n) is 3.58. The van der Waals surface area contributed by atoms with Crippen LogP contribution in [0.2, 0.25) is 10.0 Å². The molecule has 0 spiro atoms. The van der Waals surface area contributed by atoms with Gasteiger partial charge < -0.3 is 10.0 Å². The van der Waals surface area contributed by atoms with E-state index in [1.165, 1.54) is 0 Å². The number of rotatable bonds is 4. The van der Waals surface area contributed by atoms with Crippen molar-refractivity contribution in [1.82, 2.24) is 14.8 Å².